The second-order valence-electron chi connectivity index (χ2n) is 7.12. The van der Waals surface area contributed by atoms with Gasteiger partial charge in [0.1, 0.15) is 23.4 Å². The first kappa shape index (κ1) is 19.5. The van der Waals surface area contributed by atoms with E-state index in [9.17, 15) is 22.4 Å². The highest BCUT2D eigenvalue weighted by Crippen LogP contribution is 2.45. The minimum atomic E-state index is -4.54. The maximum atomic E-state index is 14.3. The van der Waals surface area contributed by atoms with Gasteiger partial charge in [0.05, 0.1) is 25.7 Å². The molecule has 29 heavy (non-hydrogen) atoms. The zero-order valence-electron chi connectivity index (χ0n) is 15.5. The molecule has 0 fully saturated rings. The van der Waals surface area contributed by atoms with Crippen LogP contribution in [-0.4, -0.2) is 19.7 Å². The van der Waals surface area contributed by atoms with Crippen molar-refractivity contribution in [2.45, 2.75) is 37.5 Å². The topological polar surface area (TPSA) is 44.8 Å². The lowest BCUT2D eigenvalue weighted by molar-refractivity contribution is -0.141. The molecular formula is C21H18F4O4. The van der Waals surface area contributed by atoms with Gasteiger partial charge >= 0.3 is 12.1 Å². The molecule has 154 valence electrons. The number of ether oxygens (including phenoxy) is 3. The SMILES string of the molecule is COC(=O)CC1COc2cc(O[C@@H]3CCc4c(C(F)(F)F)ccc(F)c43)ccc21. The van der Waals surface area contributed by atoms with E-state index in [1.165, 1.54) is 7.11 Å². The molecule has 1 aliphatic carbocycles. The summed E-state index contributed by atoms with van der Waals surface area (Å²) in [5, 5.41) is 0. The van der Waals surface area contributed by atoms with Crippen LogP contribution in [0.3, 0.4) is 0 Å². The highest BCUT2D eigenvalue weighted by atomic mass is 19.4. The number of esters is 1. The van der Waals surface area contributed by atoms with Crippen LogP contribution in [0, 0.1) is 5.82 Å². The Kier molecular flexibility index (Phi) is 4.88. The van der Waals surface area contributed by atoms with Crippen molar-refractivity contribution in [1.82, 2.24) is 0 Å². The summed E-state index contributed by atoms with van der Waals surface area (Å²) in [6.45, 7) is 0.323. The summed E-state index contributed by atoms with van der Waals surface area (Å²) in [5.74, 6) is -0.266. The number of fused-ring (bicyclic) bond motifs is 2. The highest BCUT2D eigenvalue weighted by Gasteiger charge is 2.39. The molecule has 0 radical (unpaired) electrons. The van der Waals surface area contributed by atoms with Gasteiger partial charge in [-0.2, -0.15) is 13.2 Å². The summed E-state index contributed by atoms with van der Waals surface area (Å²) in [5.41, 5.74) is -0.0640. The number of carbonyl (C=O) groups excluding carboxylic acids is 1. The van der Waals surface area contributed by atoms with Crippen LogP contribution in [0.25, 0.3) is 0 Å². The monoisotopic (exact) mass is 410 g/mol. The Morgan fingerprint density at radius 2 is 2.03 bits per heavy atom. The predicted molar refractivity (Wildman–Crippen MR) is 94.4 cm³/mol. The molecule has 2 aromatic rings. The van der Waals surface area contributed by atoms with Gasteiger partial charge < -0.3 is 14.2 Å². The zero-order valence-corrected chi connectivity index (χ0v) is 15.5. The van der Waals surface area contributed by atoms with Crippen LogP contribution in [0.5, 0.6) is 11.5 Å². The third-order valence-corrected chi connectivity index (χ3v) is 5.37. The summed E-state index contributed by atoms with van der Waals surface area (Å²) >= 11 is 0. The van der Waals surface area contributed by atoms with Crippen molar-refractivity contribution >= 4 is 5.97 Å². The third-order valence-electron chi connectivity index (χ3n) is 5.37. The van der Waals surface area contributed by atoms with Gasteiger partial charge in [-0.25, -0.2) is 4.39 Å². The lowest BCUT2D eigenvalue weighted by atomic mass is 9.98. The molecule has 0 N–H and O–H groups in total. The predicted octanol–water partition coefficient (Wildman–Crippen LogP) is 4.95. The maximum absolute atomic E-state index is 14.3. The van der Waals surface area contributed by atoms with E-state index in [2.05, 4.69) is 4.74 Å². The summed E-state index contributed by atoms with van der Waals surface area (Å²) < 4.78 is 70.1. The molecule has 0 saturated heterocycles. The number of alkyl halides is 3. The van der Waals surface area contributed by atoms with Crippen molar-refractivity contribution in [3.05, 3.63) is 58.4 Å². The smallest absolute Gasteiger partial charge is 0.416 e. The van der Waals surface area contributed by atoms with Gasteiger partial charge in [-0.1, -0.05) is 6.07 Å². The van der Waals surface area contributed by atoms with E-state index in [0.717, 1.165) is 17.7 Å². The van der Waals surface area contributed by atoms with E-state index in [0.29, 0.717) is 18.1 Å². The van der Waals surface area contributed by atoms with Crippen LogP contribution < -0.4 is 9.47 Å². The molecule has 8 heteroatoms. The minimum absolute atomic E-state index is 0.0372. The van der Waals surface area contributed by atoms with Crippen molar-refractivity contribution < 1.29 is 36.6 Å². The largest absolute Gasteiger partial charge is 0.492 e. The molecule has 0 saturated carbocycles. The maximum Gasteiger partial charge on any atom is 0.416 e. The molecule has 4 rings (SSSR count). The van der Waals surface area contributed by atoms with Gasteiger partial charge in [0.25, 0.3) is 0 Å². The number of benzene rings is 2. The highest BCUT2D eigenvalue weighted by molar-refractivity contribution is 5.71. The first-order valence-corrected chi connectivity index (χ1v) is 9.16. The van der Waals surface area contributed by atoms with Crippen LogP contribution in [-0.2, 0) is 22.1 Å². The second kappa shape index (κ2) is 7.24. The third kappa shape index (κ3) is 3.63. The zero-order chi connectivity index (χ0) is 20.8. The number of methoxy groups -OCH3 is 1. The normalized spacial score (nSPS) is 20.0. The van der Waals surface area contributed by atoms with Crippen LogP contribution in [0.1, 0.15) is 47.1 Å². The number of hydrogen-bond acceptors (Lipinski definition) is 4. The molecule has 0 spiro atoms. The van der Waals surface area contributed by atoms with Crippen molar-refractivity contribution in [3.8, 4) is 11.5 Å². The summed E-state index contributed by atoms with van der Waals surface area (Å²) in [4.78, 5) is 11.5. The molecule has 0 amide bonds. The molecule has 2 atom stereocenters. The molecule has 1 unspecified atom stereocenters. The fourth-order valence-electron chi connectivity index (χ4n) is 4.00. The standard InChI is InChI=1S/C21H18F4O4/c1-27-19(26)8-11-10-28-18-9-12(2-3-13(11)18)29-17-7-4-14-15(21(23,24)25)5-6-16(22)20(14)17/h2-3,5-6,9,11,17H,4,7-8,10H2,1H3/t11?,17-/m1/s1. The Bertz CT molecular complexity index is 954. The van der Waals surface area contributed by atoms with E-state index in [1.807, 2.05) is 0 Å². The quantitative estimate of drug-likeness (QED) is 0.529. The Morgan fingerprint density at radius 3 is 2.76 bits per heavy atom. The number of halogens is 4. The van der Waals surface area contributed by atoms with Crippen molar-refractivity contribution in [1.29, 1.82) is 0 Å². The van der Waals surface area contributed by atoms with Gasteiger partial charge in [-0.15, -0.1) is 0 Å². The fraction of sp³-hybridized carbons (Fsp3) is 0.381. The average Bonchev–Trinajstić information content (AvgIpc) is 3.26. The van der Waals surface area contributed by atoms with Gasteiger partial charge in [-0.3, -0.25) is 4.79 Å². The fourth-order valence-corrected chi connectivity index (χ4v) is 4.00. The van der Waals surface area contributed by atoms with Gasteiger partial charge in [0.15, 0.2) is 0 Å². The number of carbonyl (C=O) groups is 1. The Balaban J connectivity index is 1.57. The van der Waals surface area contributed by atoms with Crippen LogP contribution in [0.4, 0.5) is 17.6 Å². The molecule has 0 aromatic heterocycles. The average molecular weight is 410 g/mol. The van der Waals surface area contributed by atoms with Gasteiger partial charge in [0.2, 0.25) is 0 Å². The molecule has 4 nitrogen and oxygen atoms in total. The van der Waals surface area contributed by atoms with Crippen LogP contribution in [0.15, 0.2) is 30.3 Å². The molecule has 1 aliphatic heterocycles. The van der Waals surface area contributed by atoms with E-state index in [4.69, 9.17) is 9.47 Å². The van der Waals surface area contributed by atoms with Crippen molar-refractivity contribution in [2.24, 2.45) is 0 Å². The lowest BCUT2D eigenvalue weighted by Crippen LogP contribution is -2.11. The Labute approximate surface area is 164 Å². The number of hydrogen-bond donors (Lipinski definition) is 0. The second-order valence-corrected chi connectivity index (χ2v) is 7.12. The van der Waals surface area contributed by atoms with E-state index >= 15 is 0 Å². The van der Waals surface area contributed by atoms with Gasteiger partial charge in [-0.05, 0) is 36.6 Å². The van der Waals surface area contributed by atoms with E-state index < -0.39 is 23.7 Å². The van der Waals surface area contributed by atoms with E-state index in [-0.39, 0.29) is 42.3 Å². The van der Waals surface area contributed by atoms with Crippen LogP contribution >= 0.6 is 0 Å². The molecule has 1 heterocycles. The first-order valence-electron chi connectivity index (χ1n) is 9.16. The summed E-state index contributed by atoms with van der Waals surface area (Å²) in [6.07, 6.45) is -4.82. The van der Waals surface area contributed by atoms with Crippen molar-refractivity contribution in [2.75, 3.05) is 13.7 Å². The molecular weight excluding hydrogens is 392 g/mol. The Hall–Kier alpha value is -2.77. The molecule has 2 aromatic carbocycles. The molecule has 2 aliphatic rings. The molecule has 0 bridgehead atoms. The summed E-state index contributed by atoms with van der Waals surface area (Å²) in [6, 6.07) is 6.65. The minimum Gasteiger partial charge on any atom is -0.492 e. The van der Waals surface area contributed by atoms with Crippen molar-refractivity contribution in [3.63, 3.8) is 0 Å². The first-order chi connectivity index (χ1) is 13.8. The van der Waals surface area contributed by atoms with E-state index in [1.54, 1.807) is 18.2 Å². The van der Waals surface area contributed by atoms with Crippen LogP contribution in [0.2, 0.25) is 0 Å². The number of rotatable bonds is 4. The van der Waals surface area contributed by atoms with Gasteiger partial charge in [0, 0.05) is 23.1 Å². The summed E-state index contributed by atoms with van der Waals surface area (Å²) in [7, 11) is 1.32. The lowest BCUT2D eigenvalue weighted by Gasteiger charge is -2.18. The Morgan fingerprint density at radius 1 is 1.24 bits per heavy atom.